The number of hydrogen-bond donors (Lipinski definition) is 3. The summed E-state index contributed by atoms with van der Waals surface area (Å²) in [4.78, 5) is 40.7. The average Bonchev–Trinajstić information content (AvgIpc) is 3.91. The van der Waals surface area contributed by atoms with Gasteiger partial charge in [0.15, 0.2) is 0 Å². The van der Waals surface area contributed by atoms with E-state index in [-0.39, 0.29) is 29.5 Å². The van der Waals surface area contributed by atoms with E-state index in [0.29, 0.717) is 25.4 Å². The highest BCUT2D eigenvalue weighted by molar-refractivity contribution is 7.99. The Morgan fingerprint density at radius 2 is 0.903 bits per heavy atom. The smallest absolute Gasteiger partial charge is 0.408 e. The van der Waals surface area contributed by atoms with E-state index in [1.54, 1.807) is 0 Å². The third-order valence-corrected chi connectivity index (χ3v) is 16.4. The number of fused-ring (bicyclic) bond motifs is 6. The van der Waals surface area contributed by atoms with Crippen LogP contribution in [0.3, 0.4) is 0 Å². The average molecular weight is 1000 g/mol. The van der Waals surface area contributed by atoms with Crippen LogP contribution in [-0.2, 0) is 19.1 Å². The summed E-state index contributed by atoms with van der Waals surface area (Å²) in [5.74, 6) is -1.29. The predicted molar refractivity (Wildman–Crippen MR) is 299 cm³/mol. The fourth-order valence-electron chi connectivity index (χ4n) is 11.4. The molecule has 0 fully saturated rings. The molecule has 0 saturated carbocycles. The van der Waals surface area contributed by atoms with Crippen molar-refractivity contribution in [3.05, 3.63) is 119 Å². The second kappa shape index (κ2) is 31.2. The maximum atomic E-state index is 14.5. The standard InChI is InChI=1S/C63H88N2O6S/c1-4-6-8-10-12-14-15-16-17-18-20-22-24-34-44-70-45-48(64-58(66)43-25-23-21-19-13-11-9-7-5-2)46-72-47-57(61(67)68)65-62(69)71-63(3,59-53-39-30-26-35-49(53)50-36-27-31-40-54(50)59)60-55-41-32-28-37-51(55)52-38-29-33-42-56(52)60/h26-33,35-42,48,57,59-60H,4-25,34,43-47H2,1-3H3,(H,64,66)(H,65,69)(H,67,68)/t48-,57+/m1/s1. The van der Waals surface area contributed by atoms with Crippen molar-refractivity contribution in [2.45, 2.75) is 204 Å². The van der Waals surface area contributed by atoms with Gasteiger partial charge in [-0.3, -0.25) is 4.79 Å². The highest BCUT2D eigenvalue weighted by Crippen LogP contribution is 2.59. The summed E-state index contributed by atoms with van der Waals surface area (Å²) in [7, 11) is 0. The van der Waals surface area contributed by atoms with Gasteiger partial charge in [-0.25, -0.2) is 9.59 Å². The summed E-state index contributed by atoms with van der Waals surface area (Å²) in [5, 5.41) is 16.6. The Morgan fingerprint density at radius 1 is 0.528 bits per heavy atom. The van der Waals surface area contributed by atoms with E-state index in [1.165, 1.54) is 127 Å². The van der Waals surface area contributed by atoms with Gasteiger partial charge in [-0.15, -0.1) is 0 Å². The van der Waals surface area contributed by atoms with Crippen LogP contribution >= 0.6 is 11.8 Å². The molecule has 0 saturated heterocycles. The lowest BCUT2D eigenvalue weighted by Gasteiger charge is -2.42. The van der Waals surface area contributed by atoms with Crippen LogP contribution in [0, 0.1) is 0 Å². The van der Waals surface area contributed by atoms with Crippen molar-refractivity contribution in [1.82, 2.24) is 10.6 Å². The van der Waals surface area contributed by atoms with E-state index in [2.05, 4.69) is 73.0 Å². The number of alkyl carbamates (subject to hydrolysis) is 1. The molecule has 72 heavy (non-hydrogen) atoms. The van der Waals surface area contributed by atoms with E-state index in [1.807, 2.05) is 55.5 Å². The summed E-state index contributed by atoms with van der Waals surface area (Å²) in [6.07, 6.45) is 28.5. The number of carboxylic acids is 1. The molecule has 4 aromatic rings. The second-order valence-electron chi connectivity index (χ2n) is 20.9. The zero-order chi connectivity index (χ0) is 50.8. The molecule has 8 nitrogen and oxygen atoms in total. The number of hydrogen-bond acceptors (Lipinski definition) is 6. The quantitative estimate of drug-likeness (QED) is 0.0386. The second-order valence-corrected chi connectivity index (χ2v) is 21.9. The fraction of sp³-hybridized carbons (Fsp3) is 0.571. The number of nitrogens with one attached hydrogen (secondary N) is 2. The van der Waals surface area contributed by atoms with Gasteiger partial charge in [0.1, 0.15) is 11.6 Å². The summed E-state index contributed by atoms with van der Waals surface area (Å²) in [5.41, 5.74) is 7.50. The van der Waals surface area contributed by atoms with Crippen LogP contribution in [0.15, 0.2) is 97.1 Å². The SMILES string of the molecule is CCCCCCCCCCCCCCCCOC[C@H](CSC[C@H](NC(=O)OC(C)(C1c2ccccc2-c2ccccc21)C1c2ccccc2-c2ccccc21)C(=O)O)NC(=O)CCCCCCCCCCC. The van der Waals surface area contributed by atoms with Gasteiger partial charge < -0.3 is 25.2 Å². The molecule has 0 aliphatic heterocycles. The van der Waals surface area contributed by atoms with Crippen LogP contribution in [0.5, 0.6) is 0 Å². The van der Waals surface area contributed by atoms with E-state index in [9.17, 15) is 19.5 Å². The molecule has 2 aliphatic carbocycles. The number of carbonyl (C=O) groups is 3. The Hall–Kier alpha value is -4.60. The zero-order valence-electron chi connectivity index (χ0n) is 44.2. The summed E-state index contributed by atoms with van der Waals surface area (Å²) >= 11 is 1.40. The Bertz CT molecular complexity index is 2060. The number of rotatable bonds is 37. The van der Waals surface area contributed by atoms with Gasteiger partial charge >= 0.3 is 12.1 Å². The molecule has 0 bridgehead atoms. The summed E-state index contributed by atoms with van der Waals surface area (Å²) in [6, 6.07) is 31.8. The van der Waals surface area contributed by atoms with E-state index >= 15 is 0 Å². The van der Waals surface area contributed by atoms with Gasteiger partial charge in [-0.2, -0.15) is 11.8 Å². The molecule has 0 radical (unpaired) electrons. The Kier molecular flexibility index (Phi) is 24.6. The minimum Gasteiger partial charge on any atom is -0.480 e. The van der Waals surface area contributed by atoms with Crippen LogP contribution < -0.4 is 10.6 Å². The molecular formula is C63H88N2O6S. The van der Waals surface area contributed by atoms with E-state index in [0.717, 1.165) is 76.6 Å². The number of thioether (sulfide) groups is 1. The largest absolute Gasteiger partial charge is 0.480 e. The van der Waals surface area contributed by atoms with Crippen molar-refractivity contribution in [1.29, 1.82) is 0 Å². The first-order valence-corrected chi connectivity index (χ1v) is 29.5. The van der Waals surface area contributed by atoms with Gasteiger partial charge in [-0.05, 0) is 64.3 Å². The molecule has 9 heteroatoms. The number of carboxylic acid groups (broad SMARTS) is 1. The number of benzene rings is 4. The van der Waals surface area contributed by atoms with Crippen molar-refractivity contribution < 1.29 is 29.0 Å². The van der Waals surface area contributed by atoms with Crippen LogP contribution in [0.2, 0.25) is 0 Å². The molecule has 3 N–H and O–H groups in total. The maximum Gasteiger partial charge on any atom is 0.408 e. The summed E-state index contributed by atoms with van der Waals surface area (Å²) < 4.78 is 13.0. The number of aliphatic carboxylic acids is 1. The molecule has 2 atom stereocenters. The third kappa shape index (κ3) is 16.7. The van der Waals surface area contributed by atoms with Crippen LogP contribution in [0.4, 0.5) is 4.79 Å². The topological polar surface area (TPSA) is 114 Å². The van der Waals surface area contributed by atoms with Crippen molar-refractivity contribution in [3.63, 3.8) is 0 Å². The number of amides is 2. The van der Waals surface area contributed by atoms with Gasteiger partial charge in [0, 0.05) is 24.5 Å². The van der Waals surface area contributed by atoms with Crippen molar-refractivity contribution in [3.8, 4) is 22.3 Å². The van der Waals surface area contributed by atoms with Crippen LogP contribution in [-0.4, -0.2) is 65.5 Å². The maximum absolute atomic E-state index is 14.5. The third-order valence-electron chi connectivity index (χ3n) is 15.2. The number of carbonyl (C=O) groups excluding carboxylic acids is 2. The Labute approximate surface area is 438 Å². The molecule has 0 heterocycles. The minimum atomic E-state index is -1.23. The molecule has 6 rings (SSSR count). The molecule has 4 aromatic carbocycles. The number of ether oxygens (including phenoxy) is 2. The lowest BCUT2D eigenvalue weighted by atomic mass is 9.70. The lowest BCUT2D eigenvalue weighted by molar-refractivity contribution is -0.138. The van der Waals surface area contributed by atoms with Gasteiger partial charge in [0.2, 0.25) is 5.91 Å². The van der Waals surface area contributed by atoms with Crippen LogP contribution in [0.1, 0.15) is 209 Å². The fourth-order valence-corrected chi connectivity index (χ4v) is 12.4. The first kappa shape index (κ1) is 56.7. The normalized spacial score (nSPS) is 13.8. The van der Waals surface area contributed by atoms with Gasteiger partial charge in [0.05, 0.1) is 24.5 Å². The van der Waals surface area contributed by atoms with Gasteiger partial charge in [0.25, 0.3) is 0 Å². The van der Waals surface area contributed by atoms with Crippen molar-refractivity contribution in [2.24, 2.45) is 0 Å². The first-order valence-electron chi connectivity index (χ1n) is 28.3. The highest BCUT2D eigenvalue weighted by atomic mass is 32.2. The van der Waals surface area contributed by atoms with Crippen molar-refractivity contribution in [2.75, 3.05) is 24.7 Å². The Morgan fingerprint density at radius 3 is 1.31 bits per heavy atom. The lowest BCUT2D eigenvalue weighted by Crippen LogP contribution is -2.50. The molecule has 0 unspecified atom stereocenters. The zero-order valence-corrected chi connectivity index (χ0v) is 45.1. The van der Waals surface area contributed by atoms with Crippen LogP contribution in [0.25, 0.3) is 22.3 Å². The summed E-state index contributed by atoms with van der Waals surface area (Å²) in [6.45, 7) is 7.52. The van der Waals surface area contributed by atoms with E-state index < -0.39 is 23.7 Å². The van der Waals surface area contributed by atoms with Gasteiger partial charge in [-0.1, -0.05) is 246 Å². The molecular weight excluding hydrogens is 913 g/mol. The minimum absolute atomic E-state index is 0.00420. The molecule has 0 aromatic heterocycles. The van der Waals surface area contributed by atoms with E-state index in [4.69, 9.17) is 9.47 Å². The van der Waals surface area contributed by atoms with Crippen molar-refractivity contribution >= 4 is 29.7 Å². The first-order chi connectivity index (χ1) is 35.3. The monoisotopic (exact) mass is 1000 g/mol. The molecule has 2 aliphatic rings. The Balaban J connectivity index is 1.05. The highest BCUT2D eigenvalue weighted by Gasteiger charge is 2.54. The molecule has 2 amide bonds. The molecule has 0 spiro atoms. The predicted octanol–water partition coefficient (Wildman–Crippen LogP) is 16.2. The number of unbranched alkanes of at least 4 members (excludes halogenated alkanes) is 21. The molecule has 392 valence electrons.